The van der Waals surface area contributed by atoms with E-state index in [0.717, 1.165) is 11.1 Å². The third-order valence-corrected chi connectivity index (χ3v) is 2.88. The molecule has 114 valence electrons. The topological polar surface area (TPSA) is 49.4 Å². The van der Waals surface area contributed by atoms with Gasteiger partial charge in [0, 0.05) is 13.6 Å². The van der Waals surface area contributed by atoms with Gasteiger partial charge in [-0.05, 0) is 11.6 Å². The van der Waals surface area contributed by atoms with E-state index in [0.29, 0.717) is 6.54 Å². The fourth-order valence-corrected chi connectivity index (χ4v) is 1.78. The van der Waals surface area contributed by atoms with Crippen molar-refractivity contribution in [1.29, 1.82) is 0 Å². The quantitative estimate of drug-likeness (QED) is 0.210. The maximum absolute atomic E-state index is 12.3. The second kappa shape index (κ2) is 9.41. The Bertz CT molecular complexity index is 606. The summed E-state index contributed by atoms with van der Waals surface area (Å²) in [6, 6.07) is 9.58. The molecule has 0 bridgehead atoms. The number of nitrogens with zero attached hydrogens (tertiary/aromatic N) is 1. The van der Waals surface area contributed by atoms with Crippen LogP contribution in [0, 0.1) is 0 Å². The number of hydrogen-bond acceptors (Lipinski definition) is 3. The fraction of sp³-hybridized carbons (Fsp3) is 0.118. The van der Waals surface area contributed by atoms with E-state index in [4.69, 9.17) is 0 Å². The lowest BCUT2D eigenvalue weighted by molar-refractivity contribution is -0.128. The van der Waals surface area contributed by atoms with E-state index in [9.17, 15) is 9.59 Å². The van der Waals surface area contributed by atoms with Crippen LogP contribution < -0.4 is 5.32 Å². The van der Waals surface area contributed by atoms with Gasteiger partial charge in [0.15, 0.2) is 0 Å². The van der Waals surface area contributed by atoms with Gasteiger partial charge in [-0.3, -0.25) is 9.59 Å². The molecule has 4 nitrogen and oxygen atoms in total. The number of hydrogen-bond donors (Lipinski definition) is 1. The molecule has 0 spiro atoms. The summed E-state index contributed by atoms with van der Waals surface area (Å²) in [5.41, 5.74) is 2.07. The largest absolute Gasteiger partial charge is 0.338 e. The van der Waals surface area contributed by atoms with Crippen molar-refractivity contribution in [1.82, 2.24) is 10.2 Å². The third kappa shape index (κ3) is 5.46. The van der Waals surface area contributed by atoms with Crippen LogP contribution in [0.5, 0.6) is 0 Å². The molecule has 0 aromatic heterocycles. The van der Waals surface area contributed by atoms with Gasteiger partial charge in [-0.25, -0.2) is 0 Å². The maximum Gasteiger partial charge on any atom is 0.261 e. The van der Waals surface area contributed by atoms with Crippen LogP contribution in [0.4, 0.5) is 0 Å². The Kier molecular flexibility index (Phi) is 7.50. The average molecular weight is 314 g/mol. The smallest absolute Gasteiger partial charge is 0.261 e. The minimum atomic E-state index is -0.534. The van der Waals surface area contributed by atoms with Crippen molar-refractivity contribution in [3.63, 3.8) is 0 Å². The monoisotopic (exact) mass is 314 g/mol. The van der Waals surface area contributed by atoms with E-state index < -0.39 is 11.8 Å². The zero-order valence-corrected chi connectivity index (χ0v) is 13.2. The normalized spacial score (nSPS) is 11.0. The SMILES string of the molecule is C=CCN(C)C(=O)/C(=C/C=C/c1ccccc1)C(=O)NC=S. The number of rotatable bonds is 7. The molecular weight excluding hydrogens is 296 g/mol. The highest BCUT2D eigenvalue weighted by molar-refractivity contribution is 7.78. The molecule has 2 amide bonds. The predicted molar refractivity (Wildman–Crippen MR) is 93.2 cm³/mol. The first-order valence-corrected chi connectivity index (χ1v) is 7.11. The molecule has 1 aromatic rings. The zero-order valence-electron chi connectivity index (χ0n) is 12.4. The molecule has 0 radical (unpaired) electrons. The summed E-state index contributed by atoms with van der Waals surface area (Å²) >= 11 is 4.60. The zero-order chi connectivity index (χ0) is 16.4. The Balaban J connectivity index is 2.99. The highest BCUT2D eigenvalue weighted by atomic mass is 32.1. The molecule has 0 saturated carbocycles. The molecule has 0 fully saturated rings. The lowest BCUT2D eigenvalue weighted by atomic mass is 10.1. The van der Waals surface area contributed by atoms with E-state index in [-0.39, 0.29) is 5.57 Å². The van der Waals surface area contributed by atoms with E-state index >= 15 is 0 Å². The van der Waals surface area contributed by atoms with Crippen molar-refractivity contribution in [2.75, 3.05) is 13.6 Å². The highest BCUT2D eigenvalue weighted by Gasteiger charge is 2.19. The van der Waals surface area contributed by atoms with Crippen LogP contribution in [-0.2, 0) is 9.59 Å². The van der Waals surface area contributed by atoms with Crippen LogP contribution in [0.1, 0.15) is 5.56 Å². The molecule has 0 heterocycles. The van der Waals surface area contributed by atoms with E-state index in [1.807, 2.05) is 36.4 Å². The van der Waals surface area contributed by atoms with E-state index in [1.165, 1.54) is 11.0 Å². The minimum Gasteiger partial charge on any atom is -0.338 e. The van der Waals surface area contributed by atoms with Crippen molar-refractivity contribution in [2.45, 2.75) is 0 Å². The number of benzene rings is 1. The molecule has 22 heavy (non-hydrogen) atoms. The Labute approximate surface area is 135 Å². The highest BCUT2D eigenvalue weighted by Crippen LogP contribution is 2.05. The van der Waals surface area contributed by atoms with Crippen molar-refractivity contribution < 1.29 is 9.59 Å². The van der Waals surface area contributed by atoms with Crippen molar-refractivity contribution in [2.24, 2.45) is 0 Å². The molecular formula is C17H18N2O2S. The van der Waals surface area contributed by atoms with Gasteiger partial charge in [-0.2, -0.15) is 0 Å². The lowest BCUT2D eigenvalue weighted by Crippen LogP contribution is -2.35. The number of allylic oxidation sites excluding steroid dienone is 2. The molecule has 0 aliphatic heterocycles. The fourth-order valence-electron chi connectivity index (χ4n) is 1.68. The molecule has 0 unspecified atom stereocenters. The molecule has 1 aromatic carbocycles. The summed E-state index contributed by atoms with van der Waals surface area (Å²) < 4.78 is 0. The van der Waals surface area contributed by atoms with Crippen LogP contribution in [0.2, 0.25) is 0 Å². The number of carbonyl (C=O) groups is 2. The van der Waals surface area contributed by atoms with Crippen LogP contribution in [0.15, 0.2) is 60.7 Å². The summed E-state index contributed by atoms with van der Waals surface area (Å²) in [6.45, 7) is 3.93. The minimum absolute atomic E-state index is 0.0117. The molecule has 0 aliphatic carbocycles. The van der Waals surface area contributed by atoms with Crippen LogP contribution >= 0.6 is 12.2 Å². The van der Waals surface area contributed by atoms with Gasteiger partial charge in [-0.15, -0.1) is 6.58 Å². The summed E-state index contributed by atoms with van der Waals surface area (Å²) in [6.07, 6.45) is 6.54. The number of likely N-dealkylation sites (N-methyl/N-ethyl adjacent to an activating group) is 1. The summed E-state index contributed by atoms with van der Waals surface area (Å²) in [7, 11) is 1.60. The van der Waals surface area contributed by atoms with Gasteiger partial charge in [0.25, 0.3) is 11.8 Å². The summed E-state index contributed by atoms with van der Waals surface area (Å²) in [5, 5.41) is 2.35. The predicted octanol–water partition coefficient (Wildman–Crippen LogP) is 2.34. The molecule has 1 N–H and O–H groups in total. The molecule has 5 heteroatoms. The first-order chi connectivity index (χ1) is 10.6. The number of nitrogens with one attached hydrogen (secondary N) is 1. The van der Waals surface area contributed by atoms with Gasteiger partial charge < -0.3 is 10.2 Å². The second-order valence-electron chi connectivity index (χ2n) is 4.42. The maximum atomic E-state index is 12.3. The lowest BCUT2D eigenvalue weighted by Gasteiger charge is -2.15. The van der Waals surface area contributed by atoms with Gasteiger partial charge in [-0.1, -0.05) is 60.8 Å². The Hall–Kier alpha value is -2.53. The molecule has 0 atom stereocenters. The van der Waals surface area contributed by atoms with E-state index in [2.05, 4.69) is 24.1 Å². The van der Waals surface area contributed by atoms with Crippen molar-refractivity contribution >= 4 is 35.6 Å². The van der Waals surface area contributed by atoms with Gasteiger partial charge >= 0.3 is 0 Å². The third-order valence-electron chi connectivity index (χ3n) is 2.77. The summed E-state index contributed by atoms with van der Waals surface area (Å²) in [5.74, 6) is -0.930. The average Bonchev–Trinajstić information content (AvgIpc) is 2.52. The van der Waals surface area contributed by atoms with Crippen molar-refractivity contribution in [3.05, 3.63) is 66.3 Å². The number of thiocarbonyl (C=S) groups is 1. The Morgan fingerprint density at radius 1 is 1.32 bits per heavy atom. The Morgan fingerprint density at radius 2 is 2.00 bits per heavy atom. The van der Waals surface area contributed by atoms with Crippen LogP contribution in [0.25, 0.3) is 6.08 Å². The standard InChI is InChI=1S/C17H18N2O2S/c1-3-12-19(2)17(21)15(16(20)18-13-22)11-7-10-14-8-5-4-6-9-14/h3-11,13H,1,12H2,2H3,(H,18,20,22)/b10-7+,15-11+. The van der Waals surface area contributed by atoms with Gasteiger partial charge in [0.1, 0.15) is 5.57 Å². The molecule has 1 rings (SSSR count). The van der Waals surface area contributed by atoms with Crippen LogP contribution in [0.3, 0.4) is 0 Å². The Morgan fingerprint density at radius 3 is 2.59 bits per heavy atom. The number of carbonyl (C=O) groups excluding carboxylic acids is 2. The number of amides is 2. The first-order valence-electron chi connectivity index (χ1n) is 6.64. The summed E-state index contributed by atoms with van der Waals surface area (Å²) in [4.78, 5) is 25.6. The molecule has 0 saturated heterocycles. The second-order valence-corrected chi connectivity index (χ2v) is 4.65. The van der Waals surface area contributed by atoms with E-state index in [1.54, 1.807) is 19.2 Å². The molecule has 0 aliphatic rings. The van der Waals surface area contributed by atoms with Crippen LogP contribution in [-0.4, -0.2) is 35.8 Å². The van der Waals surface area contributed by atoms with Crippen molar-refractivity contribution in [3.8, 4) is 0 Å². The van der Waals surface area contributed by atoms with Gasteiger partial charge in [0.05, 0.1) is 5.49 Å². The first kappa shape index (κ1) is 17.5. The van der Waals surface area contributed by atoms with Gasteiger partial charge in [0.2, 0.25) is 0 Å².